The summed E-state index contributed by atoms with van der Waals surface area (Å²) >= 11 is 7.84. The number of hydrogen-bond acceptors (Lipinski definition) is 7. The first-order valence-corrected chi connectivity index (χ1v) is 13.6. The Kier molecular flexibility index (Phi) is 5.92. The average molecular weight is 550 g/mol. The van der Waals surface area contributed by atoms with E-state index >= 15 is 0 Å². The van der Waals surface area contributed by atoms with Crippen molar-refractivity contribution in [2.75, 3.05) is 7.11 Å². The molecule has 2 heterocycles. The monoisotopic (exact) mass is 549 g/mol. The first kappa shape index (κ1) is 24.8. The first-order valence-electron chi connectivity index (χ1n) is 12.4. The van der Waals surface area contributed by atoms with E-state index in [0.717, 1.165) is 10.5 Å². The fourth-order valence-corrected chi connectivity index (χ4v) is 7.35. The summed E-state index contributed by atoms with van der Waals surface area (Å²) < 4.78 is 5.33. The zero-order chi connectivity index (χ0) is 26.9. The van der Waals surface area contributed by atoms with Crippen LogP contribution in [-0.2, 0) is 25.7 Å². The van der Waals surface area contributed by atoms with Crippen molar-refractivity contribution >= 4 is 46.3 Å². The van der Waals surface area contributed by atoms with Gasteiger partial charge in [0.2, 0.25) is 11.8 Å². The lowest BCUT2D eigenvalue weighted by Crippen LogP contribution is -2.39. The van der Waals surface area contributed by atoms with Crippen molar-refractivity contribution in [3.8, 4) is 11.5 Å². The molecule has 0 radical (unpaired) electrons. The van der Waals surface area contributed by atoms with Crippen LogP contribution in [0.4, 0.5) is 0 Å². The number of amides is 2. The van der Waals surface area contributed by atoms with Gasteiger partial charge in [-0.1, -0.05) is 29.3 Å². The highest BCUT2D eigenvalue weighted by atomic mass is 35.5. The number of nitrogens with zero attached hydrogens (tertiary/aromatic N) is 1. The molecule has 1 N–H and O–H groups in total. The lowest BCUT2D eigenvalue weighted by molar-refractivity contribution is -0.140. The van der Waals surface area contributed by atoms with Gasteiger partial charge in [0, 0.05) is 27.5 Å². The molecule has 194 valence electrons. The lowest BCUT2D eigenvalue weighted by atomic mass is 9.59. The Morgan fingerprint density at radius 1 is 1.16 bits per heavy atom. The van der Waals surface area contributed by atoms with Crippen LogP contribution in [-0.4, -0.2) is 40.5 Å². The molecule has 7 nitrogen and oxygen atoms in total. The minimum absolute atomic E-state index is 0.0500. The summed E-state index contributed by atoms with van der Waals surface area (Å²) in [7, 11) is 1.40. The number of halogens is 1. The number of thiophene rings is 1. The Morgan fingerprint density at radius 3 is 2.66 bits per heavy atom. The van der Waals surface area contributed by atoms with Crippen LogP contribution in [0.1, 0.15) is 36.1 Å². The molecule has 4 aliphatic rings. The second-order valence-corrected chi connectivity index (χ2v) is 11.6. The first-order chi connectivity index (χ1) is 18.2. The highest BCUT2D eigenvalue weighted by Crippen LogP contribution is 2.56. The molecule has 1 aliphatic heterocycles. The van der Waals surface area contributed by atoms with Crippen LogP contribution < -0.4 is 4.74 Å². The third-order valence-electron chi connectivity index (χ3n) is 8.15. The highest BCUT2D eigenvalue weighted by molar-refractivity contribution is 7.09. The molecule has 0 bridgehead atoms. The van der Waals surface area contributed by atoms with E-state index in [-0.39, 0.29) is 52.9 Å². The van der Waals surface area contributed by atoms with Gasteiger partial charge in [-0.25, -0.2) is 0 Å². The maximum absolute atomic E-state index is 13.8. The van der Waals surface area contributed by atoms with Gasteiger partial charge in [0.25, 0.3) is 0 Å². The van der Waals surface area contributed by atoms with Crippen LogP contribution >= 0.6 is 22.9 Å². The van der Waals surface area contributed by atoms with E-state index in [1.54, 1.807) is 19.1 Å². The van der Waals surface area contributed by atoms with E-state index in [0.29, 0.717) is 28.7 Å². The minimum Gasteiger partial charge on any atom is -0.503 e. The standard InChI is InChI=1S/C29H24ClNO6S/c1-13-8-21(32)19-11-18-16(23(25(19)26(13)33)14-9-20(30)27(34)22(10-14)37-2)5-6-17-24(18)29(36)31(28(17)35)12-15-4-3-7-38-15/h3-5,7-10,17-18,23-24,34H,6,11-12H2,1-2H3. The van der Waals surface area contributed by atoms with Crippen molar-refractivity contribution in [2.45, 2.75) is 32.2 Å². The number of phenolic OH excluding ortho intramolecular Hbond substituents is 1. The number of ether oxygens (including phenoxy) is 1. The molecule has 4 atom stereocenters. The van der Waals surface area contributed by atoms with Gasteiger partial charge in [0.1, 0.15) is 0 Å². The Labute approximate surface area is 228 Å². The fraction of sp³-hybridized carbons (Fsp3) is 0.310. The highest BCUT2D eigenvalue weighted by Gasteiger charge is 2.56. The predicted octanol–water partition coefficient (Wildman–Crippen LogP) is 4.75. The van der Waals surface area contributed by atoms with Crippen molar-refractivity contribution in [2.24, 2.45) is 17.8 Å². The molecule has 2 aromatic rings. The maximum Gasteiger partial charge on any atom is 0.234 e. The van der Waals surface area contributed by atoms with Gasteiger partial charge in [-0.15, -0.1) is 11.3 Å². The summed E-state index contributed by atoms with van der Waals surface area (Å²) in [5, 5.41) is 12.3. The Balaban J connectivity index is 1.48. The summed E-state index contributed by atoms with van der Waals surface area (Å²) in [6.07, 6.45) is 3.88. The third kappa shape index (κ3) is 3.61. The summed E-state index contributed by atoms with van der Waals surface area (Å²) in [6.45, 7) is 1.84. The molecule has 6 rings (SSSR count). The fourth-order valence-electron chi connectivity index (χ4n) is 6.44. The molecule has 0 spiro atoms. The van der Waals surface area contributed by atoms with E-state index < -0.39 is 23.7 Å². The SMILES string of the molecule is COc1cc(C2C3=CCC4C(=O)N(Cc5cccs5)C(=O)C4C3CC3=C2C(=O)C(C)=CC3=O)cc(Cl)c1O. The summed E-state index contributed by atoms with van der Waals surface area (Å²) in [5.74, 6) is -3.23. The van der Waals surface area contributed by atoms with Crippen LogP contribution in [0.5, 0.6) is 11.5 Å². The van der Waals surface area contributed by atoms with Crippen molar-refractivity contribution in [1.29, 1.82) is 0 Å². The molecule has 1 fully saturated rings. The van der Waals surface area contributed by atoms with Crippen molar-refractivity contribution < 1.29 is 29.0 Å². The number of hydrogen-bond donors (Lipinski definition) is 1. The number of benzene rings is 1. The van der Waals surface area contributed by atoms with Gasteiger partial charge in [-0.2, -0.15) is 0 Å². The second-order valence-electron chi connectivity index (χ2n) is 10.1. The smallest absolute Gasteiger partial charge is 0.234 e. The van der Waals surface area contributed by atoms with Crippen LogP contribution in [0, 0.1) is 17.8 Å². The molecule has 3 aliphatic carbocycles. The number of carbonyl (C=O) groups is 4. The normalized spacial score (nSPS) is 26.7. The van der Waals surface area contributed by atoms with E-state index in [4.69, 9.17) is 16.3 Å². The Morgan fingerprint density at radius 2 is 1.95 bits per heavy atom. The van der Waals surface area contributed by atoms with Crippen molar-refractivity contribution in [3.63, 3.8) is 0 Å². The van der Waals surface area contributed by atoms with Gasteiger partial charge in [-0.3, -0.25) is 24.1 Å². The molecular formula is C29H24ClNO6S. The van der Waals surface area contributed by atoms with Gasteiger partial charge in [0.05, 0.1) is 30.5 Å². The van der Waals surface area contributed by atoms with Crippen LogP contribution in [0.15, 0.2) is 64.1 Å². The van der Waals surface area contributed by atoms with Crippen LogP contribution in [0.2, 0.25) is 5.02 Å². The number of likely N-dealkylation sites (tertiary alicyclic amines) is 1. The number of rotatable bonds is 4. The number of allylic oxidation sites excluding steroid dienone is 6. The zero-order valence-electron chi connectivity index (χ0n) is 20.7. The van der Waals surface area contributed by atoms with E-state index in [1.807, 2.05) is 23.6 Å². The lowest BCUT2D eigenvalue weighted by Gasteiger charge is -2.42. The summed E-state index contributed by atoms with van der Waals surface area (Å²) in [5.41, 5.74) is 2.48. The zero-order valence-corrected chi connectivity index (χ0v) is 22.3. The van der Waals surface area contributed by atoms with Crippen molar-refractivity contribution in [3.05, 3.63) is 79.6 Å². The average Bonchev–Trinajstić information content (AvgIpc) is 3.50. The largest absolute Gasteiger partial charge is 0.503 e. The van der Waals surface area contributed by atoms with Crippen molar-refractivity contribution in [1.82, 2.24) is 4.90 Å². The van der Waals surface area contributed by atoms with Gasteiger partial charge in [0.15, 0.2) is 23.1 Å². The molecule has 0 saturated carbocycles. The maximum atomic E-state index is 13.8. The van der Waals surface area contributed by atoms with E-state index in [9.17, 15) is 24.3 Å². The van der Waals surface area contributed by atoms with Gasteiger partial charge >= 0.3 is 0 Å². The van der Waals surface area contributed by atoms with Crippen LogP contribution in [0.25, 0.3) is 0 Å². The Hall–Kier alpha value is -3.49. The van der Waals surface area contributed by atoms with E-state index in [1.165, 1.54) is 29.4 Å². The summed E-state index contributed by atoms with van der Waals surface area (Å²) in [6, 6.07) is 6.96. The molecule has 1 aromatic heterocycles. The van der Waals surface area contributed by atoms with Gasteiger partial charge in [-0.05, 0) is 60.9 Å². The number of carbonyl (C=O) groups excluding carboxylic acids is 4. The molecule has 38 heavy (non-hydrogen) atoms. The molecule has 9 heteroatoms. The second kappa shape index (κ2) is 9.06. The molecule has 4 unspecified atom stereocenters. The minimum atomic E-state index is -0.661. The molecule has 1 saturated heterocycles. The number of Topliss-reactive ketones (excluding diaryl/α,β-unsaturated/α-hetero) is 1. The molecule has 2 amide bonds. The Bertz CT molecular complexity index is 1520. The number of ketones is 2. The molecule has 1 aromatic carbocycles. The number of imide groups is 1. The predicted molar refractivity (Wildman–Crippen MR) is 141 cm³/mol. The van der Waals surface area contributed by atoms with Crippen LogP contribution in [0.3, 0.4) is 0 Å². The number of fused-ring (bicyclic) bond motifs is 3. The van der Waals surface area contributed by atoms with E-state index in [2.05, 4.69) is 0 Å². The molecular weight excluding hydrogens is 526 g/mol. The quantitative estimate of drug-likeness (QED) is 0.336. The number of phenols is 1. The number of aromatic hydroxyl groups is 1. The summed E-state index contributed by atoms with van der Waals surface area (Å²) in [4.78, 5) is 56.1. The third-order valence-corrected chi connectivity index (χ3v) is 9.30. The number of methoxy groups -OCH3 is 1. The van der Waals surface area contributed by atoms with Gasteiger partial charge < -0.3 is 9.84 Å². The topological polar surface area (TPSA) is 101 Å².